The maximum Gasteiger partial charge on any atom is 0.00673 e. The average molecular weight is 231 g/mol. The first-order valence-electron chi connectivity index (χ1n) is 7.14. The van der Waals surface area contributed by atoms with Crippen molar-refractivity contribution in [2.75, 3.05) is 6.54 Å². The van der Waals surface area contributed by atoms with E-state index in [1.807, 2.05) is 0 Å². The first-order valence-corrected chi connectivity index (χ1v) is 7.14. The van der Waals surface area contributed by atoms with E-state index >= 15 is 0 Å². The van der Waals surface area contributed by atoms with Gasteiger partial charge in [0.1, 0.15) is 0 Å². The Morgan fingerprint density at radius 3 is 2.35 bits per heavy atom. The molecule has 0 amide bonds. The molecule has 1 aromatic rings. The summed E-state index contributed by atoms with van der Waals surface area (Å²) in [6.07, 6.45) is 8.45. The summed E-state index contributed by atoms with van der Waals surface area (Å²) >= 11 is 0. The molecule has 1 nitrogen and oxygen atoms in total. The summed E-state index contributed by atoms with van der Waals surface area (Å²) in [4.78, 5) is 0. The van der Waals surface area contributed by atoms with Crippen LogP contribution in [0.3, 0.4) is 0 Å². The van der Waals surface area contributed by atoms with E-state index in [1.165, 1.54) is 44.1 Å². The zero-order valence-electron chi connectivity index (χ0n) is 11.0. The molecule has 1 saturated carbocycles. The van der Waals surface area contributed by atoms with Gasteiger partial charge in [-0.3, -0.25) is 0 Å². The van der Waals surface area contributed by atoms with E-state index in [1.54, 1.807) is 0 Å². The van der Waals surface area contributed by atoms with E-state index in [-0.39, 0.29) is 0 Å². The van der Waals surface area contributed by atoms with Gasteiger partial charge < -0.3 is 5.32 Å². The fraction of sp³-hybridized carbons (Fsp3) is 0.625. The molecule has 2 rings (SSSR count). The lowest BCUT2D eigenvalue weighted by Crippen LogP contribution is -2.31. The van der Waals surface area contributed by atoms with Gasteiger partial charge in [0, 0.05) is 12.6 Å². The molecule has 94 valence electrons. The molecule has 0 heterocycles. The Labute approximate surface area is 106 Å². The summed E-state index contributed by atoms with van der Waals surface area (Å²) in [5.74, 6) is 0.624. The zero-order chi connectivity index (χ0) is 11.9. The van der Waals surface area contributed by atoms with Crippen LogP contribution < -0.4 is 5.32 Å². The standard InChI is InChI=1S/C16H25N/c1-14(15-9-5-4-6-10-15)13-17-16-11-7-2-3-8-12-16/h4-6,9-10,14,16-17H,2-3,7-8,11-13H2,1H3. The molecule has 1 atom stereocenters. The molecule has 1 aliphatic rings. The normalized spacial score (nSPS) is 19.8. The van der Waals surface area contributed by atoms with Crippen LogP contribution in [0, 0.1) is 0 Å². The Bertz CT molecular complexity index is 299. The van der Waals surface area contributed by atoms with Crippen molar-refractivity contribution in [3.05, 3.63) is 35.9 Å². The van der Waals surface area contributed by atoms with Crippen LogP contribution in [0.15, 0.2) is 30.3 Å². The van der Waals surface area contributed by atoms with Crippen molar-refractivity contribution < 1.29 is 0 Å². The predicted octanol–water partition coefficient (Wildman–Crippen LogP) is 4.10. The second-order valence-corrected chi connectivity index (χ2v) is 5.41. The zero-order valence-corrected chi connectivity index (χ0v) is 11.0. The van der Waals surface area contributed by atoms with Gasteiger partial charge in [0.25, 0.3) is 0 Å². The van der Waals surface area contributed by atoms with Crippen LogP contribution in [0.5, 0.6) is 0 Å². The highest BCUT2D eigenvalue weighted by molar-refractivity contribution is 5.18. The summed E-state index contributed by atoms with van der Waals surface area (Å²) < 4.78 is 0. The lowest BCUT2D eigenvalue weighted by atomic mass is 10.0. The Balaban J connectivity index is 1.77. The van der Waals surface area contributed by atoms with E-state index in [9.17, 15) is 0 Å². The minimum Gasteiger partial charge on any atom is -0.313 e. The van der Waals surface area contributed by atoms with Gasteiger partial charge in [0.05, 0.1) is 0 Å². The lowest BCUT2D eigenvalue weighted by molar-refractivity contribution is 0.446. The van der Waals surface area contributed by atoms with Crippen LogP contribution in [-0.4, -0.2) is 12.6 Å². The van der Waals surface area contributed by atoms with E-state index < -0.39 is 0 Å². The van der Waals surface area contributed by atoms with Crippen molar-refractivity contribution in [2.45, 2.75) is 57.4 Å². The fourth-order valence-corrected chi connectivity index (χ4v) is 2.73. The first-order chi connectivity index (χ1) is 8.36. The second kappa shape index (κ2) is 6.80. The number of hydrogen-bond donors (Lipinski definition) is 1. The quantitative estimate of drug-likeness (QED) is 0.769. The maximum atomic E-state index is 3.76. The molecule has 0 aromatic heterocycles. The van der Waals surface area contributed by atoms with Crippen molar-refractivity contribution in [1.82, 2.24) is 5.32 Å². The summed E-state index contributed by atoms with van der Waals surface area (Å²) in [5, 5.41) is 3.76. The van der Waals surface area contributed by atoms with Crippen molar-refractivity contribution in [3.63, 3.8) is 0 Å². The van der Waals surface area contributed by atoms with E-state index in [0.717, 1.165) is 12.6 Å². The van der Waals surface area contributed by atoms with Crippen LogP contribution in [0.4, 0.5) is 0 Å². The number of benzene rings is 1. The fourth-order valence-electron chi connectivity index (χ4n) is 2.73. The molecule has 1 fully saturated rings. The van der Waals surface area contributed by atoms with Crippen LogP contribution in [0.25, 0.3) is 0 Å². The van der Waals surface area contributed by atoms with Crippen LogP contribution in [-0.2, 0) is 0 Å². The van der Waals surface area contributed by atoms with Gasteiger partial charge in [-0.05, 0) is 24.3 Å². The monoisotopic (exact) mass is 231 g/mol. The van der Waals surface area contributed by atoms with Crippen LogP contribution >= 0.6 is 0 Å². The molecule has 1 aliphatic carbocycles. The lowest BCUT2D eigenvalue weighted by Gasteiger charge is -2.19. The molecule has 0 bridgehead atoms. The molecule has 0 saturated heterocycles. The van der Waals surface area contributed by atoms with Crippen LogP contribution in [0.1, 0.15) is 56.9 Å². The average Bonchev–Trinajstić information content (AvgIpc) is 2.65. The summed E-state index contributed by atoms with van der Waals surface area (Å²) in [6.45, 7) is 3.44. The maximum absolute atomic E-state index is 3.76. The van der Waals surface area contributed by atoms with Crippen molar-refractivity contribution in [2.24, 2.45) is 0 Å². The Hall–Kier alpha value is -0.820. The topological polar surface area (TPSA) is 12.0 Å². The summed E-state index contributed by atoms with van der Waals surface area (Å²) in [7, 11) is 0. The van der Waals surface area contributed by atoms with Crippen molar-refractivity contribution >= 4 is 0 Å². The highest BCUT2D eigenvalue weighted by Gasteiger charge is 2.13. The Morgan fingerprint density at radius 2 is 1.71 bits per heavy atom. The molecule has 0 spiro atoms. The van der Waals surface area contributed by atoms with Gasteiger partial charge in [-0.1, -0.05) is 62.9 Å². The number of nitrogens with one attached hydrogen (secondary N) is 1. The Morgan fingerprint density at radius 1 is 1.06 bits per heavy atom. The van der Waals surface area contributed by atoms with Crippen LogP contribution in [0.2, 0.25) is 0 Å². The molecule has 1 aromatic carbocycles. The predicted molar refractivity (Wildman–Crippen MR) is 74.3 cm³/mol. The summed E-state index contributed by atoms with van der Waals surface area (Å²) in [6, 6.07) is 11.6. The van der Waals surface area contributed by atoms with Crippen molar-refractivity contribution in [1.29, 1.82) is 0 Å². The third-order valence-corrected chi connectivity index (χ3v) is 3.94. The van der Waals surface area contributed by atoms with Crippen molar-refractivity contribution in [3.8, 4) is 0 Å². The number of hydrogen-bond acceptors (Lipinski definition) is 1. The van der Waals surface area contributed by atoms with E-state index in [0.29, 0.717) is 5.92 Å². The van der Waals surface area contributed by atoms with Gasteiger partial charge in [0.15, 0.2) is 0 Å². The smallest absolute Gasteiger partial charge is 0.00673 e. The molecule has 17 heavy (non-hydrogen) atoms. The van der Waals surface area contributed by atoms with Gasteiger partial charge in [-0.15, -0.1) is 0 Å². The highest BCUT2D eigenvalue weighted by Crippen LogP contribution is 2.19. The molecular formula is C16H25N. The molecule has 0 aliphatic heterocycles. The summed E-state index contributed by atoms with van der Waals surface area (Å²) in [5.41, 5.74) is 1.45. The first kappa shape index (κ1) is 12.6. The molecule has 0 radical (unpaired) electrons. The molecule has 1 unspecified atom stereocenters. The van der Waals surface area contributed by atoms with Gasteiger partial charge in [-0.2, -0.15) is 0 Å². The SMILES string of the molecule is CC(CNC1CCCCCC1)c1ccccc1. The van der Waals surface area contributed by atoms with Gasteiger partial charge in [-0.25, -0.2) is 0 Å². The molecule has 1 heteroatoms. The molecule has 1 N–H and O–H groups in total. The third-order valence-electron chi connectivity index (χ3n) is 3.94. The van der Waals surface area contributed by atoms with Gasteiger partial charge in [0.2, 0.25) is 0 Å². The minimum atomic E-state index is 0.624. The van der Waals surface area contributed by atoms with E-state index in [2.05, 4.69) is 42.6 Å². The largest absolute Gasteiger partial charge is 0.313 e. The Kier molecular flexibility index (Phi) is 5.06. The minimum absolute atomic E-state index is 0.624. The van der Waals surface area contributed by atoms with E-state index in [4.69, 9.17) is 0 Å². The number of rotatable bonds is 4. The third kappa shape index (κ3) is 4.16. The second-order valence-electron chi connectivity index (χ2n) is 5.41. The molecular weight excluding hydrogens is 206 g/mol. The highest BCUT2D eigenvalue weighted by atomic mass is 14.9. The van der Waals surface area contributed by atoms with Gasteiger partial charge >= 0.3 is 0 Å².